The van der Waals surface area contributed by atoms with Gasteiger partial charge in [0.2, 0.25) is 5.95 Å². The summed E-state index contributed by atoms with van der Waals surface area (Å²) in [5.74, 6) is 0.776. The van der Waals surface area contributed by atoms with E-state index in [1.165, 1.54) is 5.69 Å². The van der Waals surface area contributed by atoms with E-state index in [2.05, 4.69) is 49.9 Å². The molecular formula is C20H17N5. The normalized spacial score (nSPS) is 13.8. The number of anilines is 1. The summed E-state index contributed by atoms with van der Waals surface area (Å²) in [6.45, 7) is 2.72. The maximum Gasteiger partial charge on any atom is 0.226 e. The smallest absolute Gasteiger partial charge is 0.226 e. The topological polar surface area (TPSA) is 46.8 Å². The lowest BCUT2D eigenvalue weighted by molar-refractivity contribution is 0.564. The summed E-state index contributed by atoms with van der Waals surface area (Å²) in [5, 5.41) is 1.12. The Labute approximate surface area is 145 Å². The summed E-state index contributed by atoms with van der Waals surface area (Å²) in [7, 11) is 0. The molecule has 1 aliphatic heterocycles. The van der Waals surface area contributed by atoms with Crippen molar-refractivity contribution in [3.8, 4) is 11.3 Å². The third kappa shape index (κ3) is 2.54. The maximum absolute atomic E-state index is 4.80. The first-order valence-electron chi connectivity index (χ1n) is 8.44. The zero-order valence-electron chi connectivity index (χ0n) is 13.7. The molecule has 4 aromatic rings. The fourth-order valence-corrected chi connectivity index (χ4v) is 3.36. The highest BCUT2D eigenvalue weighted by molar-refractivity contribution is 5.82. The van der Waals surface area contributed by atoms with Gasteiger partial charge in [-0.3, -0.25) is 4.98 Å². The first-order valence-corrected chi connectivity index (χ1v) is 8.44. The van der Waals surface area contributed by atoms with E-state index in [4.69, 9.17) is 4.98 Å². The third-order valence-electron chi connectivity index (χ3n) is 4.70. The first-order chi connectivity index (χ1) is 12.4. The molecular weight excluding hydrogens is 310 g/mol. The van der Waals surface area contributed by atoms with Gasteiger partial charge in [0.05, 0.1) is 17.8 Å². The second-order valence-corrected chi connectivity index (χ2v) is 6.27. The van der Waals surface area contributed by atoms with E-state index >= 15 is 0 Å². The number of pyridine rings is 1. The number of para-hydroxylation sites is 1. The largest absolute Gasteiger partial charge is 0.348 e. The number of fused-ring (bicyclic) bond motifs is 2. The number of rotatable bonds is 2. The van der Waals surface area contributed by atoms with Crippen molar-refractivity contribution in [2.75, 3.05) is 11.4 Å². The zero-order valence-corrected chi connectivity index (χ0v) is 13.7. The zero-order chi connectivity index (χ0) is 16.6. The molecule has 0 aliphatic carbocycles. The van der Waals surface area contributed by atoms with Gasteiger partial charge in [-0.1, -0.05) is 18.2 Å². The molecule has 0 radical (unpaired) electrons. The van der Waals surface area contributed by atoms with Crippen molar-refractivity contribution in [1.29, 1.82) is 0 Å². The fourth-order valence-electron chi connectivity index (χ4n) is 3.36. The monoisotopic (exact) mass is 327 g/mol. The van der Waals surface area contributed by atoms with E-state index in [9.17, 15) is 0 Å². The molecule has 4 heterocycles. The van der Waals surface area contributed by atoms with Crippen LogP contribution in [0.25, 0.3) is 22.2 Å². The maximum atomic E-state index is 4.80. The molecule has 0 bridgehead atoms. The van der Waals surface area contributed by atoms with Crippen molar-refractivity contribution in [3.63, 3.8) is 0 Å². The highest BCUT2D eigenvalue weighted by Crippen LogP contribution is 2.24. The van der Waals surface area contributed by atoms with Crippen molar-refractivity contribution in [3.05, 3.63) is 72.8 Å². The predicted molar refractivity (Wildman–Crippen MR) is 98.3 cm³/mol. The molecule has 0 saturated heterocycles. The molecule has 1 aliphatic rings. The van der Waals surface area contributed by atoms with Gasteiger partial charge in [-0.2, -0.15) is 0 Å². The summed E-state index contributed by atoms with van der Waals surface area (Å²) in [6, 6.07) is 16.5. The predicted octanol–water partition coefficient (Wildman–Crippen LogP) is 3.51. The molecule has 0 unspecified atom stereocenters. The Balaban J connectivity index is 1.50. The summed E-state index contributed by atoms with van der Waals surface area (Å²) >= 11 is 0. The Morgan fingerprint density at radius 2 is 1.88 bits per heavy atom. The lowest BCUT2D eigenvalue weighted by Gasteiger charge is -2.28. The van der Waals surface area contributed by atoms with Crippen LogP contribution < -0.4 is 4.90 Å². The summed E-state index contributed by atoms with van der Waals surface area (Å²) in [6.07, 6.45) is 5.85. The molecule has 0 amide bonds. The molecule has 5 nitrogen and oxygen atoms in total. The molecule has 0 atom stereocenters. The van der Waals surface area contributed by atoms with Crippen LogP contribution in [0.1, 0.15) is 5.69 Å². The van der Waals surface area contributed by atoms with Gasteiger partial charge in [-0.05, 0) is 30.3 Å². The Bertz CT molecular complexity index is 1050. The van der Waals surface area contributed by atoms with E-state index in [1.807, 2.05) is 36.7 Å². The van der Waals surface area contributed by atoms with E-state index < -0.39 is 0 Å². The summed E-state index contributed by atoms with van der Waals surface area (Å²) < 4.78 is 2.29. The minimum atomic E-state index is 0.776. The highest BCUT2D eigenvalue weighted by Gasteiger charge is 2.18. The fraction of sp³-hybridized carbons (Fsp3) is 0.150. The van der Waals surface area contributed by atoms with Crippen molar-refractivity contribution < 1.29 is 0 Å². The van der Waals surface area contributed by atoms with Gasteiger partial charge in [-0.25, -0.2) is 9.97 Å². The van der Waals surface area contributed by atoms with E-state index in [1.54, 1.807) is 0 Å². The summed E-state index contributed by atoms with van der Waals surface area (Å²) in [5.41, 5.74) is 4.22. The van der Waals surface area contributed by atoms with Crippen LogP contribution in [0.4, 0.5) is 5.95 Å². The van der Waals surface area contributed by atoms with Crippen LogP contribution in [0.3, 0.4) is 0 Å². The molecule has 122 valence electrons. The SMILES string of the molecule is c1ccc2ncc(-c3ccnc(N4CCn5cccc5C4)n3)cc2c1. The van der Waals surface area contributed by atoms with Gasteiger partial charge >= 0.3 is 0 Å². The summed E-state index contributed by atoms with van der Waals surface area (Å²) in [4.78, 5) is 16.1. The van der Waals surface area contributed by atoms with Crippen LogP contribution in [0.5, 0.6) is 0 Å². The molecule has 25 heavy (non-hydrogen) atoms. The van der Waals surface area contributed by atoms with Crippen LogP contribution in [0, 0.1) is 0 Å². The van der Waals surface area contributed by atoms with Crippen LogP contribution in [0.2, 0.25) is 0 Å². The second-order valence-electron chi connectivity index (χ2n) is 6.27. The van der Waals surface area contributed by atoms with Crippen molar-refractivity contribution in [1.82, 2.24) is 19.5 Å². The van der Waals surface area contributed by atoms with E-state index in [0.29, 0.717) is 0 Å². The van der Waals surface area contributed by atoms with Crippen LogP contribution in [-0.4, -0.2) is 26.1 Å². The van der Waals surface area contributed by atoms with Gasteiger partial charge in [0.1, 0.15) is 0 Å². The lowest BCUT2D eigenvalue weighted by Crippen LogP contribution is -2.34. The van der Waals surface area contributed by atoms with Crippen LogP contribution >= 0.6 is 0 Å². The van der Waals surface area contributed by atoms with E-state index in [0.717, 1.165) is 47.7 Å². The van der Waals surface area contributed by atoms with Gasteiger partial charge in [-0.15, -0.1) is 0 Å². The van der Waals surface area contributed by atoms with Gasteiger partial charge in [0, 0.05) is 48.3 Å². The van der Waals surface area contributed by atoms with Crippen molar-refractivity contribution in [2.45, 2.75) is 13.1 Å². The molecule has 0 saturated carbocycles. The Morgan fingerprint density at radius 1 is 0.920 bits per heavy atom. The van der Waals surface area contributed by atoms with Gasteiger partial charge < -0.3 is 9.47 Å². The third-order valence-corrected chi connectivity index (χ3v) is 4.70. The lowest BCUT2D eigenvalue weighted by atomic mass is 10.1. The standard InChI is InChI=1S/C20H17N5/c1-2-6-18-15(4-1)12-16(13-22-18)19-7-8-21-20(23-19)25-11-10-24-9-3-5-17(24)14-25/h1-9,12-13H,10-11,14H2. The minimum Gasteiger partial charge on any atom is -0.348 e. The number of aromatic nitrogens is 4. The van der Waals surface area contributed by atoms with E-state index in [-0.39, 0.29) is 0 Å². The van der Waals surface area contributed by atoms with Crippen molar-refractivity contribution >= 4 is 16.9 Å². The number of hydrogen-bond donors (Lipinski definition) is 0. The van der Waals surface area contributed by atoms with Gasteiger partial charge in [0.25, 0.3) is 0 Å². The first kappa shape index (κ1) is 14.2. The van der Waals surface area contributed by atoms with Crippen LogP contribution in [-0.2, 0) is 13.1 Å². The molecule has 0 spiro atoms. The molecule has 5 heteroatoms. The number of hydrogen-bond acceptors (Lipinski definition) is 4. The van der Waals surface area contributed by atoms with Gasteiger partial charge in [0.15, 0.2) is 0 Å². The number of benzene rings is 1. The molecule has 5 rings (SSSR count). The molecule has 1 aromatic carbocycles. The molecule has 3 aromatic heterocycles. The Kier molecular flexibility index (Phi) is 3.23. The quantitative estimate of drug-likeness (QED) is 0.565. The minimum absolute atomic E-state index is 0.776. The molecule has 0 fully saturated rings. The Hall–Kier alpha value is -3.21. The molecule has 0 N–H and O–H groups in total. The van der Waals surface area contributed by atoms with Crippen LogP contribution in [0.15, 0.2) is 67.1 Å². The average molecular weight is 327 g/mol. The number of nitrogens with zero attached hydrogens (tertiary/aromatic N) is 5. The van der Waals surface area contributed by atoms with Crippen molar-refractivity contribution in [2.24, 2.45) is 0 Å². The highest BCUT2D eigenvalue weighted by atomic mass is 15.3. The average Bonchev–Trinajstić information content (AvgIpc) is 3.15. The second kappa shape index (κ2) is 5.70. The Morgan fingerprint density at radius 3 is 2.88 bits per heavy atom.